The fourth-order valence-electron chi connectivity index (χ4n) is 2.88. The van der Waals surface area contributed by atoms with Crippen molar-refractivity contribution in [3.8, 4) is 0 Å². The molecule has 2 aromatic carbocycles. The Balaban J connectivity index is 0.000000343. The van der Waals surface area contributed by atoms with Crippen molar-refractivity contribution < 1.29 is 24.5 Å². The van der Waals surface area contributed by atoms with Crippen molar-refractivity contribution in [3.63, 3.8) is 0 Å². The molecular formula is C23H24BrNO5. The summed E-state index contributed by atoms with van der Waals surface area (Å²) in [5, 5.41) is 15.6. The second-order valence-corrected chi connectivity index (χ2v) is 7.63. The molecule has 0 heterocycles. The first-order valence-electron chi connectivity index (χ1n) is 9.25. The van der Waals surface area contributed by atoms with E-state index in [4.69, 9.17) is 14.9 Å². The highest BCUT2D eigenvalue weighted by molar-refractivity contribution is 9.15. The van der Waals surface area contributed by atoms with E-state index >= 15 is 0 Å². The van der Waals surface area contributed by atoms with Crippen LogP contribution in [0.3, 0.4) is 0 Å². The van der Waals surface area contributed by atoms with Crippen molar-refractivity contribution in [2.45, 2.75) is 6.10 Å². The largest absolute Gasteiger partial charge is 0.478 e. The number of nitrogens with zero attached hydrogens (tertiary/aromatic N) is 1. The monoisotopic (exact) mass is 473 g/mol. The Labute approximate surface area is 184 Å². The molecule has 0 bridgehead atoms. The molecule has 2 aromatic rings. The summed E-state index contributed by atoms with van der Waals surface area (Å²) >= 11 is 3.72. The minimum atomic E-state index is -1.26. The van der Waals surface area contributed by atoms with Gasteiger partial charge in [-0.15, -0.1) is 0 Å². The van der Waals surface area contributed by atoms with Crippen LogP contribution >= 0.6 is 15.9 Å². The van der Waals surface area contributed by atoms with Crippen LogP contribution in [0.4, 0.5) is 0 Å². The summed E-state index contributed by atoms with van der Waals surface area (Å²) < 4.78 is 7.39. The Kier molecular flexibility index (Phi) is 8.98. The average molecular weight is 474 g/mol. The smallest absolute Gasteiger partial charge is 0.328 e. The molecule has 0 spiro atoms. The highest BCUT2D eigenvalue weighted by atomic mass is 79.9. The maximum Gasteiger partial charge on any atom is 0.328 e. The molecule has 2 N–H and O–H groups in total. The molecule has 0 saturated heterocycles. The molecule has 0 aromatic heterocycles. The van der Waals surface area contributed by atoms with E-state index in [1.54, 1.807) is 0 Å². The number of halogens is 1. The normalized spacial score (nSPS) is 14.8. The predicted octanol–water partition coefficient (Wildman–Crippen LogP) is 4.27. The second kappa shape index (κ2) is 11.4. The van der Waals surface area contributed by atoms with Gasteiger partial charge in [0.15, 0.2) is 0 Å². The van der Waals surface area contributed by atoms with Gasteiger partial charge in [0.1, 0.15) is 6.10 Å². The number of likely N-dealkylation sites (N-methyl/N-ethyl adjacent to an activating group) is 1. The summed E-state index contributed by atoms with van der Waals surface area (Å²) in [5.74, 6) is -2.51. The number of hydrogen-bond acceptors (Lipinski definition) is 4. The number of benzene rings is 2. The molecule has 0 radical (unpaired) electrons. The van der Waals surface area contributed by atoms with Crippen molar-refractivity contribution in [3.05, 3.63) is 82.9 Å². The van der Waals surface area contributed by atoms with Gasteiger partial charge in [-0.05, 0) is 42.4 Å². The Morgan fingerprint density at radius 3 is 2.17 bits per heavy atom. The van der Waals surface area contributed by atoms with E-state index in [0.717, 1.165) is 11.0 Å². The topological polar surface area (TPSA) is 87.1 Å². The summed E-state index contributed by atoms with van der Waals surface area (Å²) in [7, 11) is 4.13. The number of carbonyl (C=O) groups is 2. The van der Waals surface area contributed by atoms with Crippen LogP contribution < -0.4 is 0 Å². The van der Waals surface area contributed by atoms with E-state index in [0.29, 0.717) is 18.8 Å². The number of hydrogen-bond donors (Lipinski definition) is 2. The van der Waals surface area contributed by atoms with Gasteiger partial charge in [-0.3, -0.25) is 0 Å². The average Bonchev–Trinajstić information content (AvgIpc) is 2.82. The Morgan fingerprint density at radius 1 is 1.00 bits per heavy atom. The van der Waals surface area contributed by atoms with Gasteiger partial charge in [0.2, 0.25) is 0 Å². The molecule has 1 atom stereocenters. The number of rotatable bonds is 6. The quantitative estimate of drug-likeness (QED) is 0.609. The first kappa shape index (κ1) is 23.5. The minimum Gasteiger partial charge on any atom is -0.478 e. The zero-order chi connectivity index (χ0) is 22.1. The third-order valence-electron chi connectivity index (χ3n) is 4.25. The molecule has 0 aliphatic heterocycles. The standard InChI is InChI=1S/C19H20BrNO.C4H4O4/c1-21(2)11-12-22-19-15-8-4-3-7-14(15)13-18(20)16-9-5-6-10-17(16)19;5-3(6)1-2-4(7)8/h3-10,13,19H,11-12H2,1-2H3;1-2H,(H,5,6)(H,7,8)/b;2-1-. The van der Waals surface area contributed by atoms with Gasteiger partial charge >= 0.3 is 11.9 Å². The second-order valence-electron chi connectivity index (χ2n) is 6.77. The molecule has 158 valence electrons. The van der Waals surface area contributed by atoms with Gasteiger partial charge in [-0.2, -0.15) is 0 Å². The fourth-order valence-corrected chi connectivity index (χ4v) is 3.49. The lowest BCUT2D eigenvalue weighted by molar-refractivity contribution is -0.134. The fraction of sp³-hybridized carbons (Fsp3) is 0.217. The molecule has 0 amide bonds. The van der Waals surface area contributed by atoms with Gasteiger partial charge in [0.25, 0.3) is 0 Å². The molecule has 0 saturated carbocycles. The van der Waals surface area contributed by atoms with Crippen LogP contribution in [0.1, 0.15) is 28.4 Å². The van der Waals surface area contributed by atoms with Crippen LogP contribution in [0.2, 0.25) is 0 Å². The van der Waals surface area contributed by atoms with Gasteiger partial charge in [-0.1, -0.05) is 64.5 Å². The minimum absolute atomic E-state index is 0.0290. The molecule has 1 unspecified atom stereocenters. The van der Waals surface area contributed by atoms with Crippen molar-refractivity contribution in [1.29, 1.82) is 0 Å². The van der Waals surface area contributed by atoms with Gasteiger partial charge in [-0.25, -0.2) is 9.59 Å². The maximum atomic E-state index is 9.55. The van der Waals surface area contributed by atoms with Crippen LogP contribution in [-0.4, -0.2) is 54.3 Å². The number of fused-ring (bicyclic) bond motifs is 2. The van der Waals surface area contributed by atoms with E-state index in [-0.39, 0.29) is 6.10 Å². The Hall–Kier alpha value is -2.74. The number of carboxylic acids is 2. The number of carboxylic acid groups (broad SMARTS) is 2. The summed E-state index contributed by atoms with van der Waals surface area (Å²) in [6, 6.07) is 16.9. The zero-order valence-corrected chi connectivity index (χ0v) is 18.4. The summed E-state index contributed by atoms with van der Waals surface area (Å²) in [4.78, 5) is 21.2. The highest BCUT2D eigenvalue weighted by Gasteiger charge is 2.24. The predicted molar refractivity (Wildman–Crippen MR) is 120 cm³/mol. The molecule has 7 heteroatoms. The van der Waals surface area contributed by atoms with E-state index in [1.807, 2.05) is 0 Å². The molecule has 0 fully saturated rings. The molecule has 3 rings (SSSR count). The maximum absolute atomic E-state index is 9.55. The van der Waals surface area contributed by atoms with Crippen LogP contribution in [0.5, 0.6) is 0 Å². The lowest BCUT2D eigenvalue weighted by Crippen LogP contribution is -2.20. The highest BCUT2D eigenvalue weighted by Crippen LogP contribution is 2.40. The van der Waals surface area contributed by atoms with Gasteiger partial charge in [0.05, 0.1) is 6.61 Å². The van der Waals surface area contributed by atoms with Crippen molar-refractivity contribution >= 4 is 38.4 Å². The van der Waals surface area contributed by atoms with Gasteiger partial charge in [0, 0.05) is 23.2 Å². The van der Waals surface area contributed by atoms with E-state index in [9.17, 15) is 9.59 Å². The number of aliphatic carboxylic acids is 2. The van der Waals surface area contributed by atoms with E-state index < -0.39 is 11.9 Å². The number of ether oxygens (including phenoxy) is 1. The lowest BCUT2D eigenvalue weighted by Gasteiger charge is -2.22. The van der Waals surface area contributed by atoms with Crippen molar-refractivity contribution in [1.82, 2.24) is 4.90 Å². The summed E-state index contributed by atoms with van der Waals surface area (Å²) in [6.45, 7) is 1.62. The van der Waals surface area contributed by atoms with Crippen LogP contribution in [0.15, 0.2) is 60.7 Å². The van der Waals surface area contributed by atoms with Crippen LogP contribution in [-0.2, 0) is 14.3 Å². The molecular weight excluding hydrogens is 450 g/mol. The molecule has 6 nitrogen and oxygen atoms in total. The first-order valence-corrected chi connectivity index (χ1v) is 10.0. The Morgan fingerprint density at radius 2 is 1.57 bits per heavy atom. The molecule has 30 heavy (non-hydrogen) atoms. The Bertz CT molecular complexity index is 936. The van der Waals surface area contributed by atoms with E-state index in [1.165, 1.54) is 22.3 Å². The van der Waals surface area contributed by atoms with Gasteiger partial charge < -0.3 is 19.8 Å². The molecule has 1 aliphatic rings. The van der Waals surface area contributed by atoms with Crippen molar-refractivity contribution in [2.24, 2.45) is 0 Å². The third kappa shape index (κ3) is 6.95. The lowest BCUT2D eigenvalue weighted by atomic mass is 9.96. The SMILES string of the molecule is CN(C)CCOC1c2ccccc2C=C(Br)c2ccccc21.O=C(O)/C=C\C(=O)O. The third-order valence-corrected chi connectivity index (χ3v) is 4.91. The first-order chi connectivity index (χ1) is 14.3. The molecule has 1 aliphatic carbocycles. The van der Waals surface area contributed by atoms with E-state index in [2.05, 4.69) is 89.5 Å². The van der Waals surface area contributed by atoms with Crippen LogP contribution in [0, 0.1) is 0 Å². The zero-order valence-electron chi connectivity index (χ0n) is 16.8. The van der Waals surface area contributed by atoms with Crippen LogP contribution in [0.25, 0.3) is 10.6 Å². The summed E-state index contributed by atoms with van der Waals surface area (Å²) in [5.41, 5.74) is 4.85. The van der Waals surface area contributed by atoms with Crippen molar-refractivity contribution in [2.75, 3.05) is 27.2 Å². The summed E-state index contributed by atoms with van der Waals surface area (Å²) in [6.07, 6.45) is 3.27.